The summed E-state index contributed by atoms with van der Waals surface area (Å²) in [4.78, 5) is 5.81. The monoisotopic (exact) mass is 360 g/mol. The van der Waals surface area contributed by atoms with E-state index in [2.05, 4.69) is 41.3 Å². The molecule has 5 heteroatoms. The van der Waals surface area contributed by atoms with Gasteiger partial charge in [0, 0.05) is 35.6 Å². The van der Waals surface area contributed by atoms with Gasteiger partial charge in [0.2, 0.25) is 0 Å². The van der Waals surface area contributed by atoms with Crippen molar-refractivity contribution in [2.75, 3.05) is 25.1 Å². The van der Waals surface area contributed by atoms with Crippen LogP contribution in [0.5, 0.6) is 0 Å². The number of aromatic nitrogens is 1. The van der Waals surface area contributed by atoms with Crippen molar-refractivity contribution >= 4 is 20.7 Å². The number of benzene rings is 1. The lowest BCUT2D eigenvalue weighted by Crippen LogP contribution is -2.49. The number of H-pyrrole nitrogens is 1. The van der Waals surface area contributed by atoms with Crippen LogP contribution in [-0.2, 0) is 16.3 Å². The molecule has 1 aromatic heterocycles. The quantitative estimate of drug-likeness (QED) is 0.890. The highest BCUT2D eigenvalue weighted by Gasteiger charge is 2.40. The molecule has 1 N–H and O–H groups in total. The number of likely N-dealkylation sites (N-methyl/N-ethyl adjacent to an activating group) is 1. The second-order valence-corrected chi connectivity index (χ2v) is 10.2. The first-order valence-electron chi connectivity index (χ1n) is 9.48. The van der Waals surface area contributed by atoms with E-state index >= 15 is 0 Å². The summed E-state index contributed by atoms with van der Waals surface area (Å²) in [6, 6.07) is 7.01. The Labute approximate surface area is 150 Å². The Bertz CT molecular complexity index is 871. The van der Waals surface area contributed by atoms with Gasteiger partial charge in [-0.1, -0.05) is 25.5 Å². The Hall–Kier alpha value is -1.33. The summed E-state index contributed by atoms with van der Waals surface area (Å²) in [5, 5.41) is 1.38. The maximum Gasteiger partial charge on any atom is 0.150 e. The van der Waals surface area contributed by atoms with E-state index < -0.39 is 9.84 Å². The Morgan fingerprint density at radius 1 is 1.32 bits per heavy atom. The third kappa shape index (κ3) is 3.13. The number of nitrogens with one attached hydrogen (secondary N) is 1. The zero-order valence-corrected chi connectivity index (χ0v) is 16.0. The maximum atomic E-state index is 12.4. The van der Waals surface area contributed by atoms with E-state index in [1.807, 2.05) is 6.92 Å². The summed E-state index contributed by atoms with van der Waals surface area (Å²) in [5.41, 5.74) is 4.03. The average Bonchev–Trinajstić information content (AvgIpc) is 2.98. The number of rotatable bonds is 5. The van der Waals surface area contributed by atoms with Crippen LogP contribution in [0.3, 0.4) is 0 Å². The van der Waals surface area contributed by atoms with Crippen molar-refractivity contribution in [1.29, 1.82) is 0 Å². The normalized spacial score (nSPS) is 26.7. The van der Waals surface area contributed by atoms with Gasteiger partial charge in [-0.3, -0.25) is 0 Å². The molecule has 136 valence electrons. The van der Waals surface area contributed by atoms with Crippen molar-refractivity contribution in [3.8, 4) is 0 Å². The molecule has 4 rings (SSSR count). The van der Waals surface area contributed by atoms with Gasteiger partial charge in [-0.05, 0) is 49.4 Å². The molecule has 0 saturated carbocycles. The van der Waals surface area contributed by atoms with Gasteiger partial charge >= 0.3 is 0 Å². The molecule has 0 amide bonds. The first-order valence-corrected chi connectivity index (χ1v) is 11.3. The van der Waals surface area contributed by atoms with Gasteiger partial charge in [0.1, 0.15) is 0 Å². The summed E-state index contributed by atoms with van der Waals surface area (Å²) in [5.74, 6) is 1.37. The zero-order valence-electron chi connectivity index (χ0n) is 15.2. The lowest BCUT2D eigenvalue weighted by molar-refractivity contribution is 0.120. The molecule has 2 aromatic rings. The van der Waals surface area contributed by atoms with Crippen LogP contribution in [0, 0.1) is 5.92 Å². The smallest absolute Gasteiger partial charge is 0.150 e. The molecule has 2 heterocycles. The summed E-state index contributed by atoms with van der Waals surface area (Å²) >= 11 is 0. The molecule has 2 unspecified atom stereocenters. The van der Waals surface area contributed by atoms with Gasteiger partial charge in [-0.15, -0.1) is 0 Å². The van der Waals surface area contributed by atoms with E-state index in [1.165, 1.54) is 22.0 Å². The number of piperidine rings is 1. The van der Waals surface area contributed by atoms with Crippen LogP contribution in [0.2, 0.25) is 0 Å². The Kier molecular flexibility index (Phi) is 4.40. The van der Waals surface area contributed by atoms with E-state index in [0.717, 1.165) is 32.2 Å². The van der Waals surface area contributed by atoms with E-state index in [9.17, 15) is 8.42 Å². The van der Waals surface area contributed by atoms with Crippen LogP contribution in [0.4, 0.5) is 0 Å². The molecular formula is C20H28N2O2S. The van der Waals surface area contributed by atoms with Crippen LogP contribution in [-0.4, -0.2) is 49.4 Å². The van der Waals surface area contributed by atoms with Crippen LogP contribution in [0.25, 0.3) is 10.9 Å². The summed E-state index contributed by atoms with van der Waals surface area (Å²) in [6.07, 6.45) is 5.92. The molecule has 1 aliphatic heterocycles. The summed E-state index contributed by atoms with van der Waals surface area (Å²) < 4.78 is 24.9. The molecular weight excluding hydrogens is 332 g/mol. The van der Waals surface area contributed by atoms with Gasteiger partial charge in [-0.25, -0.2) is 8.42 Å². The van der Waals surface area contributed by atoms with Gasteiger partial charge in [0.15, 0.2) is 9.84 Å². The van der Waals surface area contributed by atoms with Crippen molar-refractivity contribution in [3.63, 3.8) is 0 Å². The predicted molar refractivity (Wildman–Crippen MR) is 103 cm³/mol. The number of likely N-dealkylation sites (tertiary alicyclic amines) is 1. The average molecular weight is 361 g/mol. The number of nitrogens with zero attached hydrogens (tertiary/aromatic N) is 1. The molecule has 0 bridgehead atoms. The summed E-state index contributed by atoms with van der Waals surface area (Å²) in [7, 11) is -0.772. The molecule has 1 aliphatic carbocycles. The first-order chi connectivity index (χ1) is 12.0. The topological polar surface area (TPSA) is 53.2 Å². The fourth-order valence-electron chi connectivity index (χ4n) is 4.98. The molecule has 2 aliphatic rings. The summed E-state index contributed by atoms with van der Waals surface area (Å²) in [6.45, 7) is 2.94. The highest BCUT2D eigenvalue weighted by molar-refractivity contribution is 7.91. The lowest BCUT2D eigenvalue weighted by Gasteiger charge is -2.45. The molecule has 1 fully saturated rings. The number of sulfone groups is 1. The van der Waals surface area contributed by atoms with Crippen LogP contribution in [0.1, 0.15) is 43.2 Å². The Morgan fingerprint density at radius 3 is 2.96 bits per heavy atom. The standard InChI is InChI=1S/C20H28N2O2S/c1-3-4-8-25(23,24)13-14-9-17-16-6-5-7-18-20(16)15(11-21-18)10-19(17)22(2)12-14/h5-7,11,14,17,19,21H,3-4,8-10,12-13H2,1-2H3/t14?,17?,19-/m1/s1. The van der Waals surface area contributed by atoms with Crippen molar-refractivity contribution < 1.29 is 8.42 Å². The number of hydrogen-bond acceptors (Lipinski definition) is 3. The second kappa shape index (κ2) is 6.44. The van der Waals surface area contributed by atoms with Gasteiger partial charge in [0.05, 0.1) is 11.5 Å². The van der Waals surface area contributed by atoms with Crippen molar-refractivity contribution in [1.82, 2.24) is 9.88 Å². The molecule has 4 nitrogen and oxygen atoms in total. The number of hydrogen-bond donors (Lipinski definition) is 1. The molecule has 1 aromatic carbocycles. The SMILES string of the molecule is CCCCS(=O)(=O)CC1CC2c3cccc4[nH]cc(c34)C[C@H]2N(C)C1. The number of fused-ring (bicyclic) bond motifs is 2. The van der Waals surface area contributed by atoms with E-state index in [0.29, 0.717) is 23.5 Å². The van der Waals surface area contributed by atoms with Gasteiger partial charge < -0.3 is 9.88 Å². The molecule has 0 spiro atoms. The van der Waals surface area contributed by atoms with E-state index in [-0.39, 0.29) is 5.92 Å². The fraction of sp³-hybridized carbons (Fsp3) is 0.600. The maximum absolute atomic E-state index is 12.4. The fourth-order valence-corrected chi connectivity index (χ4v) is 6.84. The third-order valence-electron chi connectivity index (χ3n) is 6.11. The highest BCUT2D eigenvalue weighted by Crippen LogP contribution is 2.44. The first kappa shape index (κ1) is 17.1. The Balaban J connectivity index is 1.61. The number of aromatic amines is 1. The Morgan fingerprint density at radius 2 is 2.16 bits per heavy atom. The molecule has 1 saturated heterocycles. The second-order valence-electron chi connectivity index (χ2n) is 7.97. The minimum absolute atomic E-state index is 0.240. The van der Waals surface area contributed by atoms with Crippen molar-refractivity contribution in [2.45, 2.75) is 44.6 Å². The lowest BCUT2D eigenvalue weighted by atomic mass is 9.73. The molecule has 3 atom stereocenters. The number of unbranched alkanes of at least 4 members (excludes halogenated alkanes) is 1. The minimum atomic E-state index is -2.94. The largest absolute Gasteiger partial charge is 0.361 e. The minimum Gasteiger partial charge on any atom is -0.361 e. The van der Waals surface area contributed by atoms with Crippen molar-refractivity contribution in [2.24, 2.45) is 5.92 Å². The molecule has 0 radical (unpaired) electrons. The zero-order chi connectivity index (χ0) is 17.6. The molecule has 25 heavy (non-hydrogen) atoms. The van der Waals surface area contributed by atoms with Crippen LogP contribution in [0.15, 0.2) is 24.4 Å². The van der Waals surface area contributed by atoms with Crippen molar-refractivity contribution in [3.05, 3.63) is 35.5 Å². The van der Waals surface area contributed by atoms with Crippen LogP contribution < -0.4 is 0 Å². The predicted octanol–water partition coefficient (Wildman–Crippen LogP) is 3.34. The van der Waals surface area contributed by atoms with Crippen LogP contribution >= 0.6 is 0 Å². The van der Waals surface area contributed by atoms with E-state index in [4.69, 9.17) is 0 Å². The van der Waals surface area contributed by atoms with Gasteiger partial charge in [0.25, 0.3) is 0 Å². The van der Waals surface area contributed by atoms with E-state index in [1.54, 1.807) is 0 Å². The highest BCUT2D eigenvalue weighted by atomic mass is 32.2. The van der Waals surface area contributed by atoms with Gasteiger partial charge in [-0.2, -0.15) is 0 Å². The third-order valence-corrected chi connectivity index (χ3v) is 8.00.